The molecule has 1 saturated heterocycles. The highest BCUT2D eigenvalue weighted by molar-refractivity contribution is 5.76. The number of pyridine rings is 1. The van der Waals surface area contributed by atoms with E-state index in [4.69, 9.17) is 5.73 Å². The minimum atomic E-state index is -4.57. The van der Waals surface area contributed by atoms with Gasteiger partial charge in [0.15, 0.2) is 0 Å². The first-order valence-corrected chi connectivity index (χ1v) is 11.7. The SMILES string of the molecule is NC(=O)Cc1cccnc1CCc1nc(Cc2ccc(C3CCCNC3)cc2)ncc1C(F)(F)F. The summed E-state index contributed by atoms with van der Waals surface area (Å²) in [6, 6.07) is 11.5. The molecule has 1 unspecified atom stereocenters. The fourth-order valence-electron chi connectivity index (χ4n) is 4.48. The zero-order valence-electron chi connectivity index (χ0n) is 19.3. The number of hydrogen-bond acceptors (Lipinski definition) is 5. The van der Waals surface area contributed by atoms with Crippen LogP contribution in [-0.4, -0.2) is 33.9 Å². The summed E-state index contributed by atoms with van der Waals surface area (Å²) in [6.45, 7) is 2.01. The lowest BCUT2D eigenvalue weighted by Crippen LogP contribution is -2.28. The molecule has 0 aliphatic carbocycles. The number of aryl methyl sites for hydroxylation is 2. The molecule has 1 fully saturated rings. The van der Waals surface area contributed by atoms with Crippen molar-refractivity contribution in [2.75, 3.05) is 13.1 Å². The molecule has 0 bridgehead atoms. The molecule has 0 radical (unpaired) electrons. The number of primary amides is 1. The lowest BCUT2D eigenvalue weighted by molar-refractivity contribution is -0.138. The topological polar surface area (TPSA) is 93.8 Å². The van der Waals surface area contributed by atoms with E-state index in [2.05, 4.69) is 32.4 Å². The normalized spacial score (nSPS) is 16.3. The second kappa shape index (κ2) is 10.9. The molecule has 1 aromatic carbocycles. The van der Waals surface area contributed by atoms with Crippen molar-refractivity contribution in [1.29, 1.82) is 0 Å². The lowest BCUT2D eigenvalue weighted by Gasteiger charge is -2.23. The Morgan fingerprint density at radius 1 is 1.09 bits per heavy atom. The molecule has 1 atom stereocenters. The second-order valence-corrected chi connectivity index (χ2v) is 8.86. The van der Waals surface area contributed by atoms with E-state index in [9.17, 15) is 18.0 Å². The summed E-state index contributed by atoms with van der Waals surface area (Å²) in [5, 5.41) is 3.41. The third-order valence-electron chi connectivity index (χ3n) is 6.28. The molecule has 6 nitrogen and oxygen atoms in total. The summed E-state index contributed by atoms with van der Waals surface area (Å²) in [4.78, 5) is 23.9. The minimum Gasteiger partial charge on any atom is -0.369 e. The lowest BCUT2D eigenvalue weighted by atomic mass is 9.91. The number of piperidine rings is 1. The number of aromatic nitrogens is 3. The number of hydrogen-bond donors (Lipinski definition) is 2. The quantitative estimate of drug-likeness (QED) is 0.509. The van der Waals surface area contributed by atoms with E-state index in [1.807, 2.05) is 12.1 Å². The number of nitrogens with one attached hydrogen (secondary N) is 1. The molecule has 3 heterocycles. The van der Waals surface area contributed by atoms with E-state index >= 15 is 0 Å². The fraction of sp³-hybridized carbons (Fsp3) is 0.385. The van der Waals surface area contributed by atoms with Gasteiger partial charge in [0.05, 0.1) is 17.7 Å². The van der Waals surface area contributed by atoms with Gasteiger partial charge in [0.25, 0.3) is 0 Å². The van der Waals surface area contributed by atoms with Crippen LogP contribution in [0.5, 0.6) is 0 Å². The van der Waals surface area contributed by atoms with Gasteiger partial charge >= 0.3 is 6.18 Å². The summed E-state index contributed by atoms with van der Waals surface area (Å²) in [7, 11) is 0. The van der Waals surface area contributed by atoms with Gasteiger partial charge in [-0.25, -0.2) is 9.97 Å². The number of benzene rings is 1. The van der Waals surface area contributed by atoms with Crippen molar-refractivity contribution in [2.24, 2.45) is 5.73 Å². The van der Waals surface area contributed by atoms with Gasteiger partial charge in [0.1, 0.15) is 5.82 Å². The molecular formula is C26H28F3N5O. The summed E-state index contributed by atoms with van der Waals surface area (Å²) >= 11 is 0. The van der Waals surface area contributed by atoms with Crippen molar-refractivity contribution in [1.82, 2.24) is 20.3 Å². The maximum atomic E-state index is 13.6. The number of nitrogens with zero attached hydrogens (tertiary/aromatic N) is 3. The van der Waals surface area contributed by atoms with Crippen molar-refractivity contribution in [3.05, 3.63) is 88.3 Å². The van der Waals surface area contributed by atoms with Crippen LogP contribution in [0.15, 0.2) is 48.8 Å². The Labute approximate surface area is 202 Å². The molecule has 184 valence electrons. The Hall–Kier alpha value is -3.33. The van der Waals surface area contributed by atoms with Gasteiger partial charge in [0, 0.05) is 31.1 Å². The fourth-order valence-corrected chi connectivity index (χ4v) is 4.48. The van der Waals surface area contributed by atoms with Gasteiger partial charge in [-0.2, -0.15) is 13.2 Å². The summed E-state index contributed by atoms with van der Waals surface area (Å²) in [6.07, 6.45) is 0.678. The van der Waals surface area contributed by atoms with Crippen LogP contribution in [0.3, 0.4) is 0 Å². The molecule has 3 aromatic rings. The maximum absolute atomic E-state index is 13.6. The van der Waals surface area contributed by atoms with Crippen molar-refractivity contribution < 1.29 is 18.0 Å². The number of alkyl halides is 3. The smallest absolute Gasteiger partial charge is 0.369 e. The van der Waals surface area contributed by atoms with Crippen molar-refractivity contribution in [3.8, 4) is 0 Å². The largest absolute Gasteiger partial charge is 0.419 e. The van der Waals surface area contributed by atoms with E-state index in [0.717, 1.165) is 37.7 Å². The van der Waals surface area contributed by atoms with E-state index in [1.54, 1.807) is 18.3 Å². The number of nitrogens with two attached hydrogens (primary N) is 1. The maximum Gasteiger partial charge on any atom is 0.419 e. The van der Waals surface area contributed by atoms with Crippen LogP contribution in [0.2, 0.25) is 0 Å². The minimum absolute atomic E-state index is 0.0146. The Kier molecular flexibility index (Phi) is 7.75. The van der Waals surface area contributed by atoms with Gasteiger partial charge in [-0.15, -0.1) is 0 Å². The highest BCUT2D eigenvalue weighted by Gasteiger charge is 2.34. The first-order chi connectivity index (χ1) is 16.8. The van der Waals surface area contributed by atoms with Crippen LogP contribution in [0.1, 0.15) is 58.2 Å². The molecule has 4 rings (SSSR count). The third-order valence-corrected chi connectivity index (χ3v) is 6.28. The standard InChI is InChI=1S/C26H28F3N5O/c27-26(28,29)21-16-33-25(13-17-5-7-18(8-6-17)20-4-1-11-31-15-20)34-23(21)10-9-22-19(14-24(30)35)3-2-12-32-22/h2-3,5-8,12,16,20,31H,1,4,9-11,13-15H2,(H2,30,35). The number of rotatable bonds is 8. The molecule has 0 saturated carbocycles. The van der Waals surface area contributed by atoms with E-state index in [1.165, 1.54) is 5.56 Å². The Morgan fingerprint density at radius 2 is 1.86 bits per heavy atom. The van der Waals surface area contributed by atoms with Crippen LogP contribution in [-0.2, 0) is 36.7 Å². The number of amides is 1. The molecule has 2 aromatic heterocycles. The predicted molar refractivity (Wildman–Crippen MR) is 126 cm³/mol. The average Bonchev–Trinajstić information content (AvgIpc) is 2.83. The monoisotopic (exact) mass is 483 g/mol. The molecule has 35 heavy (non-hydrogen) atoms. The van der Waals surface area contributed by atoms with Gasteiger partial charge in [-0.3, -0.25) is 9.78 Å². The van der Waals surface area contributed by atoms with Crippen LogP contribution in [0.4, 0.5) is 13.2 Å². The summed E-state index contributed by atoms with van der Waals surface area (Å²) < 4.78 is 40.9. The van der Waals surface area contributed by atoms with Gasteiger partial charge in [-0.1, -0.05) is 30.3 Å². The zero-order valence-corrected chi connectivity index (χ0v) is 19.3. The van der Waals surface area contributed by atoms with Crippen molar-refractivity contribution in [2.45, 2.75) is 50.6 Å². The van der Waals surface area contributed by atoms with Crippen LogP contribution in [0.25, 0.3) is 0 Å². The van der Waals surface area contributed by atoms with Crippen LogP contribution < -0.4 is 11.1 Å². The zero-order chi connectivity index (χ0) is 24.8. The first kappa shape index (κ1) is 24.8. The predicted octanol–water partition coefficient (Wildman–Crippen LogP) is 3.76. The molecule has 1 aliphatic rings. The highest BCUT2D eigenvalue weighted by Crippen LogP contribution is 2.32. The van der Waals surface area contributed by atoms with Gasteiger partial charge in [0.2, 0.25) is 5.91 Å². The summed E-state index contributed by atoms with van der Waals surface area (Å²) in [5.74, 6) is 0.293. The Morgan fingerprint density at radius 3 is 2.54 bits per heavy atom. The first-order valence-electron chi connectivity index (χ1n) is 11.7. The van der Waals surface area contributed by atoms with Crippen molar-refractivity contribution in [3.63, 3.8) is 0 Å². The van der Waals surface area contributed by atoms with E-state index < -0.39 is 17.6 Å². The number of halogens is 3. The van der Waals surface area contributed by atoms with Crippen LogP contribution in [0, 0.1) is 0 Å². The van der Waals surface area contributed by atoms with Gasteiger partial charge in [-0.05, 0) is 60.9 Å². The molecule has 1 aliphatic heterocycles. The molecule has 1 amide bonds. The summed E-state index contributed by atoms with van der Waals surface area (Å²) in [5.41, 5.74) is 7.70. The molecule has 9 heteroatoms. The number of carbonyl (C=O) groups is 1. The van der Waals surface area contributed by atoms with E-state index in [-0.39, 0.29) is 25.0 Å². The van der Waals surface area contributed by atoms with Gasteiger partial charge < -0.3 is 11.1 Å². The third kappa shape index (κ3) is 6.63. The second-order valence-electron chi connectivity index (χ2n) is 8.86. The van der Waals surface area contributed by atoms with Crippen molar-refractivity contribution >= 4 is 5.91 Å². The molecular weight excluding hydrogens is 455 g/mol. The number of carbonyl (C=O) groups excluding carboxylic acids is 1. The Balaban J connectivity index is 1.52. The molecule has 0 spiro atoms. The van der Waals surface area contributed by atoms with Crippen LogP contribution >= 0.6 is 0 Å². The molecule has 3 N–H and O–H groups in total. The van der Waals surface area contributed by atoms with E-state index in [0.29, 0.717) is 29.4 Å². The highest BCUT2D eigenvalue weighted by atomic mass is 19.4. The Bertz CT molecular complexity index is 1160. The average molecular weight is 484 g/mol.